The third-order valence-corrected chi connectivity index (χ3v) is 4.93. The Bertz CT molecular complexity index is 861. The van der Waals surface area contributed by atoms with Crippen LogP contribution in [0.5, 0.6) is 0 Å². The largest absolute Gasteiger partial charge is 0.385 e. The van der Waals surface area contributed by atoms with E-state index >= 15 is 0 Å². The van der Waals surface area contributed by atoms with Gasteiger partial charge in [0.15, 0.2) is 5.78 Å². The molecule has 0 radical (unpaired) electrons. The number of carbonyl (C=O) groups excluding carboxylic acids is 1. The van der Waals surface area contributed by atoms with Gasteiger partial charge in [-0.05, 0) is 74.1 Å². The van der Waals surface area contributed by atoms with Crippen LogP contribution in [0.1, 0.15) is 59.3 Å². The maximum absolute atomic E-state index is 13.5. The first kappa shape index (κ1) is 21.6. The highest BCUT2D eigenvalue weighted by molar-refractivity contribution is 5.99. The highest BCUT2D eigenvalue weighted by atomic mass is 19.1. The minimum absolute atomic E-state index is 0.0704. The summed E-state index contributed by atoms with van der Waals surface area (Å²) in [7, 11) is 0. The topological polar surface area (TPSA) is 67.2 Å². The fraction of sp³-hybridized carbons (Fsp3) is 0.348. The van der Waals surface area contributed by atoms with E-state index in [1.54, 1.807) is 6.07 Å². The number of hydrogen-bond acceptors (Lipinski definition) is 4. The molecule has 0 aliphatic rings. The second kappa shape index (κ2) is 10.0. The molecule has 0 spiro atoms. The van der Waals surface area contributed by atoms with Gasteiger partial charge in [0.05, 0.1) is 5.69 Å². The molecule has 0 aliphatic heterocycles. The average Bonchev–Trinajstić information content (AvgIpc) is 2.67. The van der Waals surface area contributed by atoms with Crippen molar-refractivity contribution < 1.29 is 9.18 Å². The van der Waals surface area contributed by atoms with Gasteiger partial charge in [-0.15, -0.1) is 0 Å². The molecular formula is C23H30FN3O. The first-order chi connectivity index (χ1) is 13.4. The molecule has 4 nitrogen and oxygen atoms in total. The highest BCUT2D eigenvalue weighted by Gasteiger charge is 2.15. The summed E-state index contributed by atoms with van der Waals surface area (Å²) >= 11 is 0. The van der Waals surface area contributed by atoms with E-state index in [9.17, 15) is 9.18 Å². The van der Waals surface area contributed by atoms with Gasteiger partial charge in [0, 0.05) is 29.8 Å². The number of halogens is 1. The van der Waals surface area contributed by atoms with E-state index in [0.717, 1.165) is 46.6 Å². The minimum Gasteiger partial charge on any atom is -0.385 e. The zero-order chi connectivity index (χ0) is 20.7. The van der Waals surface area contributed by atoms with Gasteiger partial charge in [-0.25, -0.2) is 4.39 Å². The van der Waals surface area contributed by atoms with Gasteiger partial charge in [0.2, 0.25) is 0 Å². The molecule has 2 aromatic carbocycles. The number of hydrazine groups is 1. The van der Waals surface area contributed by atoms with Gasteiger partial charge in [0.1, 0.15) is 5.82 Å². The lowest BCUT2D eigenvalue weighted by Crippen LogP contribution is -2.16. The van der Waals surface area contributed by atoms with Crippen molar-refractivity contribution in [2.75, 3.05) is 12.0 Å². The normalized spacial score (nSPS) is 10.6. The molecule has 0 aromatic heterocycles. The van der Waals surface area contributed by atoms with Crippen LogP contribution in [0.15, 0.2) is 36.9 Å². The first-order valence-electron chi connectivity index (χ1n) is 9.76. The van der Waals surface area contributed by atoms with Crippen molar-refractivity contribution in [1.82, 2.24) is 5.32 Å². The van der Waals surface area contributed by atoms with Crippen molar-refractivity contribution in [2.24, 2.45) is 5.84 Å². The maximum atomic E-state index is 13.5. The number of hydrogen-bond donors (Lipinski definition) is 3. The van der Waals surface area contributed by atoms with Gasteiger partial charge in [0.25, 0.3) is 0 Å². The lowest BCUT2D eigenvalue weighted by molar-refractivity contribution is 0.0979. The van der Waals surface area contributed by atoms with Crippen molar-refractivity contribution in [3.8, 4) is 0 Å². The van der Waals surface area contributed by atoms with Crippen LogP contribution in [0.4, 0.5) is 10.1 Å². The van der Waals surface area contributed by atoms with Crippen LogP contribution in [0.2, 0.25) is 0 Å². The summed E-state index contributed by atoms with van der Waals surface area (Å²) in [5.74, 6) is 5.47. The summed E-state index contributed by atoms with van der Waals surface area (Å²) in [5, 5.41) is 3.17. The third kappa shape index (κ3) is 5.20. The van der Waals surface area contributed by atoms with Crippen molar-refractivity contribution in [1.29, 1.82) is 0 Å². The molecule has 0 saturated carbocycles. The fourth-order valence-corrected chi connectivity index (χ4v) is 3.43. The standard InChI is InChI=1S/C23H30FN3O/c1-5-17-10-11-19(24)13-18(17)8-7-9-23(28)20-14-21(16(4)26-6-2)22(27-25)12-15(20)3/h10-14,26-27H,4-9,25H2,1-3H3. The smallest absolute Gasteiger partial charge is 0.163 e. The second-order valence-corrected chi connectivity index (χ2v) is 6.91. The Balaban J connectivity index is 2.15. The van der Waals surface area contributed by atoms with E-state index in [1.807, 2.05) is 32.0 Å². The number of anilines is 1. The van der Waals surface area contributed by atoms with E-state index in [2.05, 4.69) is 24.2 Å². The number of nitrogen functional groups attached to an aromatic ring is 1. The lowest BCUT2D eigenvalue weighted by Gasteiger charge is -2.16. The molecule has 0 aliphatic carbocycles. The summed E-state index contributed by atoms with van der Waals surface area (Å²) in [5.41, 5.74) is 8.56. The predicted molar refractivity (Wildman–Crippen MR) is 115 cm³/mol. The van der Waals surface area contributed by atoms with Crippen LogP contribution < -0.4 is 16.6 Å². The summed E-state index contributed by atoms with van der Waals surface area (Å²) < 4.78 is 13.5. The number of nitrogens with one attached hydrogen (secondary N) is 2. The first-order valence-corrected chi connectivity index (χ1v) is 9.76. The lowest BCUT2D eigenvalue weighted by atomic mass is 9.94. The molecule has 0 heterocycles. The van der Waals surface area contributed by atoms with Crippen LogP contribution in [0, 0.1) is 12.7 Å². The average molecular weight is 384 g/mol. The Labute approximate surface area is 167 Å². The number of Topliss-reactive ketones (excluding diaryl/α,β-unsaturated/α-hetero) is 1. The van der Waals surface area contributed by atoms with Gasteiger partial charge in [-0.3, -0.25) is 10.6 Å². The molecule has 0 unspecified atom stereocenters. The number of aryl methyl sites for hydroxylation is 3. The highest BCUT2D eigenvalue weighted by Crippen LogP contribution is 2.26. The van der Waals surface area contributed by atoms with Crippen LogP contribution in [0.25, 0.3) is 5.70 Å². The summed E-state index contributed by atoms with van der Waals surface area (Å²) in [6, 6.07) is 8.61. The van der Waals surface area contributed by atoms with E-state index in [1.165, 1.54) is 6.07 Å². The number of carbonyl (C=O) groups is 1. The van der Waals surface area contributed by atoms with Crippen LogP contribution in [0.3, 0.4) is 0 Å². The molecule has 0 amide bonds. The molecule has 150 valence electrons. The van der Waals surface area contributed by atoms with Gasteiger partial charge in [-0.1, -0.05) is 19.6 Å². The monoisotopic (exact) mass is 383 g/mol. The Hall–Kier alpha value is -2.66. The Kier molecular flexibility index (Phi) is 7.76. The van der Waals surface area contributed by atoms with Gasteiger partial charge in [-0.2, -0.15) is 0 Å². The summed E-state index contributed by atoms with van der Waals surface area (Å²) in [6.07, 6.45) is 2.62. The molecule has 28 heavy (non-hydrogen) atoms. The minimum atomic E-state index is -0.231. The SMILES string of the molecule is C=C(NCC)c1cc(C(=O)CCCc2cc(F)ccc2CC)c(C)cc1NN. The number of ketones is 1. The van der Waals surface area contributed by atoms with Crippen LogP contribution >= 0.6 is 0 Å². The molecule has 5 heteroatoms. The number of benzene rings is 2. The quantitative estimate of drug-likeness (QED) is 0.314. The molecular weight excluding hydrogens is 353 g/mol. The zero-order valence-corrected chi connectivity index (χ0v) is 17.0. The third-order valence-electron chi connectivity index (χ3n) is 4.93. The van der Waals surface area contributed by atoms with Crippen molar-refractivity contribution >= 4 is 17.2 Å². The van der Waals surface area contributed by atoms with E-state index < -0.39 is 0 Å². The van der Waals surface area contributed by atoms with Gasteiger partial charge < -0.3 is 10.7 Å². The molecule has 0 fully saturated rings. The van der Waals surface area contributed by atoms with Crippen LogP contribution in [-0.2, 0) is 12.8 Å². The molecule has 0 bridgehead atoms. The Morgan fingerprint density at radius 3 is 2.54 bits per heavy atom. The van der Waals surface area contributed by atoms with E-state index in [-0.39, 0.29) is 11.6 Å². The fourth-order valence-electron chi connectivity index (χ4n) is 3.43. The predicted octanol–water partition coefficient (Wildman–Crippen LogP) is 4.77. The Morgan fingerprint density at radius 1 is 1.14 bits per heavy atom. The molecule has 2 rings (SSSR count). The molecule has 2 aromatic rings. The maximum Gasteiger partial charge on any atom is 0.163 e. The van der Waals surface area contributed by atoms with Crippen molar-refractivity contribution in [3.05, 3.63) is 70.5 Å². The second-order valence-electron chi connectivity index (χ2n) is 6.91. The number of rotatable bonds is 10. The van der Waals surface area contributed by atoms with Gasteiger partial charge >= 0.3 is 0 Å². The van der Waals surface area contributed by atoms with Crippen molar-refractivity contribution in [3.63, 3.8) is 0 Å². The zero-order valence-electron chi connectivity index (χ0n) is 17.0. The van der Waals surface area contributed by atoms with E-state index in [4.69, 9.17) is 5.84 Å². The Morgan fingerprint density at radius 2 is 1.89 bits per heavy atom. The van der Waals surface area contributed by atoms with E-state index in [0.29, 0.717) is 24.8 Å². The molecule has 0 saturated heterocycles. The molecule has 0 atom stereocenters. The van der Waals surface area contributed by atoms with Crippen LogP contribution in [-0.4, -0.2) is 12.3 Å². The molecule has 4 N–H and O–H groups in total. The number of nitrogens with two attached hydrogens (primary N) is 1. The summed E-state index contributed by atoms with van der Waals surface area (Å²) in [6.45, 7) is 10.7. The summed E-state index contributed by atoms with van der Waals surface area (Å²) in [4.78, 5) is 12.8. The van der Waals surface area contributed by atoms with Crippen molar-refractivity contribution in [2.45, 2.75) is 46.5 Å².